The highest BCUT2D eigenvalue weighted by Gasteiger charge is 2.08. The molecule has 1 aromatic rings. The molecule has 2 heteroatoms. The van der Waals surface area contributed by atoms with E-state index in [1.807, 2.05) is 26.8 Å². The number of hydrogen-bond donors (Lipinski definition) is 0. The van der Waals surface area contributed by atoms with Gasteiger partial charge in [-0.25, -0.2) is 0 Å². The van der Waals surface area contributed by atoms with Crippen molar-refractivity contribution in [3.63, 3.8) is 0 Å². The van der Waals surface area contributed by atoms with Gasteiger partial charge >= 0.3 is 0 Å². The molecule has 0 radical (unpaired) electrons. The first-order valence-corrected chi connectivity index (χ1v) is 3.98. The maximum absolute atomic E-state index is 11.2. The molecule has 1 aromatic heterocycles. The minimum absolute atomic E-state index is 0.0949. The third-order valence-corrected chi connectivity index (χ3v) is 1.88. The number of aromatic nitrogens is 1. The minimum atomic E-state index is 0.0949. The van der Waals surface area contributed by atoms with E-state index >= 15 is 0 Å². The van der Waals surface area contributed by atoms with E-state index in [1.54, 1.807) is 6.92 Å². The molecule has 0 aromatic carbocycles. The molecule has 64 valence electrons. The lowest BCUT2D eigenvalue weighted by Gasteiger charge is -2.06. The summed E-state index contributed by atoms with van der Waals surface area (Å²) in [6.07, 6.45) is 0. The number of carbonyl (C=O) groups excluding carboxylic acids is 1. The van der Waals surface area contributed by atoms with Crippen LogP contribution >= 0.6 is 0 Å². The van der Waals surface area contributed by atoms with Gasteiger partial charge in [0.1, 0.15) is 0 Å². The van der Waals surface area contributed by atoms with Gasteiger partial charge in [-0.05, 0) is 39.3 Å². The third-order valence-electron chi connectivity index (χ3n) is 1.88. The predicted octanol–water partition coefficient (Wildman–Crippen LogP) is 2.21. The Morgan fingerprint density at radius 2 is 1.92 bits per heavy atom. The van der Waals surface area contributed by atoms with E-state index in [9.17, 15) is 4.79 Å². The lowest BCUT2D eigenvalue weighted by molar-refractivity contribution is 0.101. The average Bonchev–Trinajstić information content (AvgIpc) is 1.82. The number of hydrogen-bond acceptors (Lipinski definition) is 2. The fraction of sp³-hybridized carbons (Fsp3) is 0.400. The van der Waals surface area contributed by atoms with Gasteiger partial charge in [0.2, 0.25) is 0 Å². The second-order valence-electron chi connectivity index (χ2n) is 3.10. The van der Waals surface area contributed by atoms with E-state index in [2.05, 4.69) is 4.98 Å². The monoisotopic (exact) mass is 163 g/mol. The molecular weight excluding hydrogens is 150 g/mol. The van der Waals surface area contributed by atoms with Gasteiger partial charge in [0.15, 0.2) is 5.78 Å². The van der Waals surface area contributed by atoms with E-state index in [4.69, 9.17) is 0 Å². The maximum atomic E-state index is 11.2. The molecule has 0 fully saturated rings. The van der Waals surface area contributed by atoms with Crippen LogP contribution < -0.4 is 0 Å². The largest absolute Gasteiger partial charge is 0.294 e. The first-order valence-electron chi connectivity index (χ1n) is 3.98. The molecule has 0 unspecified atom stereocenters. The van der Waals surface area contributed by atoms with Crippen molar-refractivity contribution >= 4 is 5.78 Å². The first-order chi connectivity index (χ1) is 5.52. The number of aryl methyl sites for hydroxylation is 3. The van der Waals surface area contributed by atoms with Crippen molar-refractivity contribution < 1.29 is 4.79 Å². The highest BCUT2D eigenvalue weighted by molar-refractivity contribution is 5.96. The van der Waals surface area contributed by atoms with E-state index in [0.717, 1.165) is 22.5 Å². The summed E-state index contributed by atoms with van der Waals surface area (Å²) >= 11 is 0. The van der Waals surface area contributed by atoms with Crippen LogP contribution in [0.15, 0.2) is 6.07 Å². The van der Waals surface area contributed by atoms with Crippen LogP contribution in [0.2, 0.25) is 0 Å². The first kappa shape index (κ1) is 8.91. The molecule has 1 rings (SSSR count). The molecule has 0 amide bonds. The molecule has 0 bridgehead atoms. The van der Waals surface area contributed by atoms with Crippen LogP contribution in [0.4, 0.5) is 0 Å². The molecular formula is C10H13NO. The quantitative estimate of drug-likeness (QED) is 0.594. The Bertz CT molecular complexity index is 306. The summed E-state index contributed by atoms with van der Waals surface area (Å²) in [4.78, 5) is 15.4. The Kier molecular flexibility index (Phi) is 2.27. The number of rotatable bonds is 1. The zero-order chi connectivity index (χ0) is 9.30. The van der Waals surface area contributed by atoms with Crippen LogP contribution in [-0.2, 0) is 0 Å². The molecule has 1 heterocycles. The van der Waals surface area contributed by atoms with Crippen LogP contribution in [0.5, 0.6) is 0 Å². The van der Waals surface area contributed by atoms with Gasteiger partial charge in [-0.3, -0.25) is 9.78 Å². The van der Waals surface area contributed by atoms with E-state index < -0.39 is 0 Å². The summed E-state index contributed by atoms with van der Waals surface area (Å²) in [5.41, 5.74) is 3.59. The lowest BCUT2D eigenvalue weighted by Crippen LogP contribution is -2.03. The molecule has 0 aliphatic rings. The molecule has 0 saturated carbocycles. The van der Waals surface area contributed by atoms with Crippen molar-refractivity contribution in [3.8, 4) is 0 Å². The van der Waals surface area contributed by atoms with Crippen LogP contribution in [0.3, 0.4) is 0 Å². The molecule has 2 nitrogen and oxygen atoms in total. The Morgan fingerprint density at radius 3 is 2.33 bits per heavy atom. The van der Waals surface area contributed by atoms with Gasteiger partial charge in [-0.1, -0.05) is 0 Å². The van der Waals surface area contributed by atoms with Gasteiger partial charge in [0, 0.05) is 17.0 Å². The van der Waals surface area contributed by atoms with Gasteiger partial charge in [0.25, 0.3) is 0 Å². The second-order valence-corrected chi connectivity index (χ2v) is 3.10. The van der Waals surface area contributed by atoms with Gasteiger partial charge in [0.05, 0.1) is 0 Å². The summed E-state index contributed by atoms with van der Waals surface area (Å²) in [7, 11) is 0. The van der Waals surface area contributed by atoms with Crippen molar-refractivity contribution in [3.05, 3.63) is 28.6 Å². The third kappa shape index (κ3) is 1.52. The SMILES string of the molecule is CC(=O)c1c(C)cc(C)nc1C. The molecule has 0 N–H and O–H groups in total. The van der Waals surface area contributed by atoms with Crippen molar-refractivity contribution in [1.82, 2.24) is 4.98 Å². The number of Topliss-reactive ketones (excluding diaryl/α,β-unsaturated/α-hetero) is 1. The Labute approximate surface area is 72.6 Å². The predicted molar refractivity (Wildman–Crippen MR) is 48.5 cm³/mol. The Morgan fingerprint density at radius 1 is 1.33 bits per heavy atom. The summed E-state index contributed by atoms with van der Waals surface area (Å²) < 4.78 is 0. The highest BCUT2D eigenvalue weighted by atomic mass is 16.1. The van der Waals surface area contributed by atoms with Crippen molar-refractivity contribution in [2.75, 3.05) is 0 Å². The summed E-state index contributed by atoms with van der Waals surface area (Å²) in [6, 6.07) is 1.93. The molecule has 0 spiro atoms. The van der Waals surface area contributed by atoms with E-state index in [0.29, 0.717) is 0 Å². The van der Waals surface area contributed by atoms with Crippen molar-refractivity contribution in [2.45, 2.75) is 27.7 Å². The molecule has 0 aliphatic heterocycles. The standard InChI is InChI=1S/C10H13NO/c1-6-5-7(2)11-8(3)10(6)9(4)12/h5H,1-4H3. The summed E-state index contributed by atoms with van der Waals surface area (Å²) in [5, 5.41) is 0. The summed E-state index contributed by atoms with van der Waals surface area (Å²) in [5.74, 6) is 0.0949. The van der Waals surface area contributed by atoms with E-state index in [1.165, 1.54) is 0 Å². The molecule has 0 saturated heterocycles. The number of ketones is 1. The smallest absolute Gasteiger partial charge is 0.161 e. The van der Waals surface area contributed by atoms with Crippen LogP contribution in [-0.4, -0.2) is 10.8 Å². The van der Waals surface area contributed by atoms with Crippen LogP contribution in [0.25, 0.3) is 0 Å². The second kappa shape index (κ2) is 3.05. The molecule has 0 atom stereocenters. The fourth-order valence-corrected chi connectivity index (χ4v) is 1.56. The number of pyridine rings is 1. The van der Waals surface area contributed by atoms with E-state index in [-0.39, 0.29) is 5.78 Å². The highest BCUT2D eigenvalue weighted by Crippen LogP contribution is 2.13. The number of nitrogens with zero attached hydrogens (tertiary/aromatic N) is 1. The van der Waals surface area contributed by atoms with Crippen LogP contribution in [0, 0.1) is 20.8 Å². The lowest BCUT2D eigenvalue weighted by atomic mass is 10.0. The summed E-state index contributed by atoms with van der Waals surface area (Å²) in [6.45, 7) is 7.32. The van der Waals surface area contributed by atoms with Crippen molar-refractivity contribution in [1.29, 1.82) is 0 Å². The zero-order valence-electron chi connectivity index (χ0n) is 7.93. The fourth-order valence-electron chi connectivity index (χ4n) is 1.56. The Hall–Kier alpha value is -1.18. The zero-order valence-corrected chi connectivity index (χ0v) is 7.93. The van der Waals surface area contributed by atoms with Crippen molar-refractivity contribution in [2.24, 2.45) is 0 Å². The molecule has 0 aliphatic carbocycles. The minimum Gasteiger partial charge on any atom is -0.294 e. The van der Waals surface area contributed by atoms with Gasteiger partial charge in [-0.15, -0.1) is 0 Å². The Balaban J connectivity index is 3.38. The van der Waals surface area contributed by atoms with Crippen LogP contribution in [0.1, 0.15) is 34.2 Å². The van der Waals surface area contributed by atoms with Gasteiger partial charge in [-0.2, -0.15) is 0 Å². The maximum Gasteiger partial charge on any atom is 0.161 e. The topological polar surface area (TPSA) is 30.0 Å². The van der Waals surface area contributed by atoms with Gasteiger partial charge < -0.3 is 0 Å². The number of carbonyl (C=O) groups is 1. The molecule has 12 heavy (non-hydrogen) atoms. The average molecular weight is 163 g/mol. The normalized spacial score (nSPS) is 10.0.